The van der Waals surface area contributed by atoms with Crippen molar-refractivity contribution < 1.29 is 9.53 Å². The molecule has 1 heterocycles. The van der Waals surface area contributed by atoms with Crippen LogP contribution in [0.1, 0.15) is 31.7 Å². The number of likely N-dealkylation sites (N-methyl/N-ethyl adjacent to an activating group) is 1. The van der Waals surface area contributed by atoms with Gasteiger partial charge in [-0.3, -0.25) is 4.79 Å². The van der Waals surface area contributed by atoms with Gasteiger partial charge in [0, 0.05) is 19.0 Å². The van der Waals surface area contributed by atoms with Gasteiger partial charge in [0.2, 0.25) is 5.91 Å². The number of ether oxygens (including phenoxy) is 1. The predicted octanol–water partition coefficient (Wildman–Crippen LogP) is 2.14. The monoisotopic (exact) mass is 262 g/mol. The second kappa shape index (κ2) is 5.61. The first-order valence-electron chi connectivity index (χ1n) is 6.72. The lowest BCUT2D eigenvalue weighted by Crippen LogP contribution is -2.30. The molecule has 0 aromatic heterocycles. The second-order valence-corrected chi connectivity index (χ2v) is 5.28. The molecule has 2 rings (SSSR count). The van der Waals surface area contributed by atoms with Gasteiger partial charge in [-0.2, -0.15) is 0 Å². The minimum Gasteiger partial charge on any atom is -0.495 e. The van der Waals surface area contributed by atoms with E-state index in [1.807, 2.05) is 18.0 Å². The van der Waals surface area contributed by atoms with E-state index in [-0.39, 0.29) is 11.9 Å². The van der Waals surface area contributed by atoms with Gasteiger partial charge >= 0.3 is 0 Å². The number of hydrogen-bond donors (Lipinski definition) is 1. The van der Waals surface area contributed by atoms with Crippen molar-refractivity contribution in [1.82, 2.24) is 5.32 Å². The summed E-state index contributed by atoms with van der Waals surface area (Å²) in [6.07, 6.45) is 0.547. The third kappa shape index (κ3) is 2.73. The molecule has 0 saturated carbocycles. The van der Waals surface area contributed by atoms with E-state index in [9.17, 15) is 4.79 Å². The van der Waals surface area contributed by atoms with Crippen molar-refractivity contribution in [3.8, 4) is 5.75 Å². The number of amides is 1. The van der Waals surface area contributed by atoms with Gasteiger partial charge in [-0.15, -0.1) is 0 Å². The molecular formula is C15H22N2O2. The van der Waals surface area contributed by atoms with Crippen LogP contribution in [0.15, 0.2) is 18.2 Å². The van der Waals surface area contributed by atoms with Gasteiger partial charge in [0.25, 0.3) is 0 Å². The Kier molecular flexibility index (Phi) is 4.10. The molecule has 0 bridgehead atoms. The molecule has 1 aromatic carbocycles. The molecule has 0 spiro atoms. The van der Waals surface area contributed by atoms with Crippen LogP contribution in [0, 0.1) is 0 Å². The molecule has 104 valence electrons. The lowest BCUT2D eigenvalue weighted by molar-refractivity contribution is -0.117. The Morgan fingerprint density at radius 3 is 2.68 bits per heavy atom. The van der Waals surface area contributed by atoms with Crippen molar-refractivity contribution in [2.24, 2.45) is 0 Å². The summed E-state index contributed by atoms with van der Waals surface area (Å²) >= 11 is 0. The van der Waals surface area contributed by atoms with Crippen molar-refractivity contribution in [3.05, 3.63) is 23.8 Å². The normalized spacial score (nSPS) is 19.3. The van der Waals surface area contributed by atoms with E-state index < -0.39 is 0 Å². The minimum atomic E-state index is 0.151. The van der Waals surface area contributed by atoms with E-state index in [1.165, 1.54) is 5.56 Å². The summed E-state index contributed by atoms with van der Waals surface area (Å²) in [5.41, 5.74) is 2.10. The van der Waals surface area contributed by atoms with Gasteiger partial charge in [0.15, 0.2) is 0 Å². The average Bonchev–Trinajstić information content (AvgIpc) is 2.79. The first-order valence-corrected chi connectivity index (χ1v) is 6.72. The number of methoxy groups -OCH3 is 1. The summed E-state index contributed by atoms with van der Waals surface area (Å²) in [5.74, 6) is 1.34. The van der Waals surface area contributed by atoms with Crippen LogP contribution in [0.5, 0.6) is 5.75 Å². The summed E-state index contributed by atoms with van der Waals surface area (Å²) in [6, 6.07) is 6.30. The van der Waals surface area contributed by atoms with Crippen LogP contribution in [0.2, 0.25) is 0 Å². The highest BCUT2D eigenvalue weighted by Gasteiger charge is 2.31. The number of benzene rings is 1. The molecule has 1 aliphatic heterocycles. The molecule has 1 N–H and O–H groups in total. The lowest BCUT2D eigenvalue weighted by atomic mass is 10.0. The van der Waals surface area contributed by atoms with Crippen LogP contribution < -0.4 is 15.0 Å². The number of nitrogens with one attached hydrogen (secondary N) is 1. The summed E-state index contributed by atoms with van der Waals surface area (Å²) in [6.45, 7) is 4.99. The Hall–Kier alpha value is -1.55. The van der Waals surface area contributed by atoms with E-state index >= 15 is 0 Å². The van der Waals surface area contributed by atoms with E-state index in [1.54, 1.807) is 7.11 Å². The molecule has 4 nitrogen and oxygen atoms in total. The Morgan fingerprint density at radius 2 is 2.16 bits per heavy atom. The maximum Gasteiger partial charge on any atom is 0.228 e. The molecule has 1 fully saturated rings. The van der Waals surface area contributed by atoms with Crippen LogP contribution in [0.3, 0.4) is 0 Å². The zero-order valence-corrected chi connectivity index (χ0v) is 12.1. The van der Waals surface area contributed by atoms with Crippen LogP contribution in [0.25, 0.3) is 0 Å². The molecule has 1 unspecified atom stereocenters. The quantitative estimate of drug-likeness (QED) is 0.904. The maximum atomic E-state index is 12.1. The highest BCUT2D eigenvalue weighted by atomic mass is 16.5. The SMILES string of the molecule is CNC1CC(=O)N(c2cc(C(C)C)ccc2OC)C1. The van der Waals surface area contributed by atoms with Gasteiger partial charge in [0.05, 0.1) is 12.8 Å². The maximum absolute atomic E-state index is 12.1. The summed E-state index contributed by atoms with van der Waals surface area (Å²) in [4.78, 5) is 13.9. The molecule has 0 aliphatic carbocycles. The van der Waals surface area contributed by atoms with E-state index in [0.717, 1.165) is 11.4 Å². The van der Waals surface area contributed by atoms with E-state index in [0.29, 0.717) is 18.9 Å². The van der Waals surface area contributed by atoms with Crippen LogP contribution in [-0.2, 0) is 4.79 Å². The molecule has 19 heavy (non-hydrogen) atoms. The van der Waals surface area contributed by atoms with Gasteiger partial charge in [-0.1, -0.05) is 19.9 Å². The predicted molar refractivity (Wildman–Crippen MR) is 76.9 cm³/mol. The molecule has 1 saturated heterocycles. The molecule has 1 aromatic rings. The van der Waals surface area contributed by atoms with E-state index in [4.69, 9.17) is 4.74 Å². The smallest absolute Gasteiger partial charge is 0.228 e. The summed E-state index contributed by atoms with van der Waals surface area (Å²) < 4.78 is 5.40. The van der Waals surface area contributed by atoms with Gasteiger partial charge in [-0.05, 0) is 30.7 Å². The van der Waals surface area contributed by atoms with Crippen LogP contribution in [-0.4, -0.2) is 32.7 Å². The van der Waals surface area contributed by atoms with Crippen molar-refractivity contribution >= 4 is 11.6 Å². The summed E-state index contributed by atoms with van der Waals surface area (Å²) in [5, 5.41) is 3.17. The molecule has 1 aliphatic rings. The third-order valence-corrected chi connectivity index (χ3v) is 3.69. The number of rotatable bonds is 4. The largest absolute Gasteiger partial charge is 0.495 e. The highest BCUT2D eigenvalue weighted by molar-refractivity contribution is 5.97. The van der Waals surface area contributed by atoms with Crippen molar-refractivity contribution in [1.29, 1.82) is 0 Å². The Balaban J connectivity index is 2.37. The second-order valence-electron chi connectivity index (χ2n) is 5.28. The topological polar surface area (TPSA) is 41.6 Å². The molecular weight excluding hydrogens is 240 g/mol. The first kappa shape index (κ1) is 13.9. The molecule has 0 radical (unpaired) electrons. The number of carbonyl (C=O) groups excluding carboxylic acids is 1. The fourth-order valence-corrected chi connectivity index (χ4v) is 2.41. The highest BCUT2D eigenvalue weighted by Crippen LogP contribution is 2.34. The Labute approximate surface area is 114 Å². The lowest BCUT2D eigenvalue weighted by Gasteiger charge is -2.21. The van der Waals surface area contributed by atoms with Crippen molar-refractivity contribution in [2.75, 3.05) is 25.6 Å². The molecule has 1 amide bonds. The van der Waals surface area contributed by atoms with E-state index in [2.05, 4.69) is 31.3 Å². The zero-order valence-electron chi connectivity index (χ0n) is 12.1. The third-order valence-electron chi connectivity index (χ3n) is 3.69. The number of hydrogen-bond acceptors (Lipinski definition) is 3. The first-order chi connectivity index (χ1) is 9.06. The van der Waals surface area contributed by atoms with Gasteiger partial charge < -0.3 is 15.0 Å². The van der Waals surface area contributed by atoms with Gasteiger partial charge in [0.1, 0.15) is 5.75 Å². The fourth-order valence-electron chi connectivity index (χ4n) is 2.41. The minimum absolute atomic E-state index is 0.151. The van der Waals surface area contributed by atoms with Crippen molar-refractivity contribution in [3.63, 3.8) is 0 Å². The molecule has 4 heteroatoms. The fraction of sp³-hybridized carbons (Fsp3) is 0.533. The number of nitrogens with zero attached hydrogens (tertiary/aromatic N) is 1. The Morgan fingerprint density at radius 1 is 1.42 bits per heavy atom. The zero-order chi connectivity index (χ0) is 14.0. The van der Waals surface area contributed by atoms with Crippen LogP contribution >= 0.6 is 0 Å². The van der Waals surface area contributed by atoms with Crippen LogP contribution in [0.4, 0.5) is 5.69 Å². The standard InChI is InChI=1S/C15H22N2O2/c1-10(2)11-5-6-14(19-4)13(7-11)17-9-12(16-3)8-15(17)18/h5-7,10,12,16H,8-9H2,1-4H3. The Bertz CT molecular complexity index is 471. The number of anilines is 1. The number of carbonyl (C=O) groups is 1. The molecule has 1 atom stereocenters. The van der Waals surface area contributed by atoms with Gasteiger partial charge in [-0.25, -0.2) is 0 Å². The average molecular weight is 262 g/mol. The summed E-state index contributed by atoms with van der Waals surface area (Å²) in [7, 11) is 3.53. The van der Waals surface area contributed by atoms with Crippen molar-refractivity contribution in [2.45, 2.75) is 32.2 Å².